The summed E-state index contributed by atoms with van der Waals surface area (Å²) in [5, 5.41) is 0. The molecule has 1 heteroatoms. The maximum absolute atomic E-state index is 5.19. The standard InChI is InChI=1S/C12H16O/c1-10(12-8-13-9-12)7-11-5-3-2-4-6-11/h2-6,10,12H,7-9H2,1H3. The van der Waals surface area contributed by atoms with Crippen LogP contribution >= 0.6 is 0 Å². The van der Waals surface area contributed by atoms with Gasteiger partial charge in [-0.05, 0) is 17.9 Å². The highest BCUT2D eigenvalue weighted by Gasteiger charge is 2.24. The second-order valence-corrected chi connectivity index (χ2v) is 3.96. The molecule has 0 aromatic heterocycles. The van der Waals surface area contributed by atoms with E-state index in [1.807, 2.05) is 0 Å². The van der Waals surface area contributed by atoms with Crippen LogP contribution in [-0.2, 0) is 11.2 Å². The quantitative estimate of drug-likeness (QED) is 0.687. The van der Waals surface area contributed by atoms with E-state index < -0.39 is 0 Å². The molecule has 1 aromatic carbocycles. The van der Waals surface area contributed by atoms with Gasteiger partial charge in [-0.3, -0.25) is 0 Å². The third kappa shape index (κ3) is 2.10. The van der Waals surface area contributed by atoms with Crippen LogP contribution in [0.5, 0.6) is 0 Å². The van der Waals surface area contributed by atoms with Crippen LogP contribution in [0.2, 0.25) is 0 Å². The summed E-state index contributed by atoms with van der Waals surface area (Å²) in [5.74, 6) is 1.55. The Kier molecular flexibility index (Phi) is 2.65. The van der Waals surface area contributed by atoms with Gasteiger partial charge in [0.05, 0.1) is 13.2 Å². The number of hydrogen-bond donors (Lipinski definition) is 0. The van der Waals surface area contributed by atoms with Gasteiger partial charge in [0.15, 0.2) is 0 Å². The van der Waals surface area contributed by atoms with Crippen molar-refractivity contribution < 1.29 is 4.74 Å². The molecule has 2 rings (SSSR count). The van der Waals surface area contributed by atoms with Crippen LogP contribution in [0.25, 0.3) is 0 Å². The van der Waals surface area contributed by atoms with Crippen LogP contribution < -0.4 is 0 Å². The van der Waals surface area contributed by atoms with Crippen molar-refractivity contribution in [2.45, 2.75) is 13.3 Å². The second-order valence-electron chi connectivity index (χ2n) is 3.96. The van der Waals surface area contributed by atoms with Crippen molar-refractivity contribution in [1.82, 2.24) is 0 Å². The first-order valence-electron chi connectivity index (χ1n) is 4.98. The van der Waals surface area contributed by atoms with Gasteiger partial charge in [0.2, 0.25) is 0 Å². The van der Waals surface area contributed by atoms with Crippen molar-refractivity contribution in [1.29, 1.82) is 0 Å². The van der Waals surface area contributed by atoms with Gasteiger partial charge in [0.25, 0.3) is 0 Å². The van der Waals surface area contributed by atoms with Crippen LogP contribution in [0.3, 0.4) is 0 Å². The van der Waals surface area contributed by atoms with Crippen molar-refractivity contribution in [2.24, 2.45) is 11.8 Å². The van der Waals surface area contributed by atoms with E-state index in [1.165, 1.54) is 12.0 Å². The third-order valence-corrected chi connectivity index (χ3v) is 2.87. The number of rotatable bonds is 3. The Morgan fingerprint density at radius 3 is 2.54 bits per heavy atom. The Morgan fingerprint density at radius 1 is 1.31 bits per heavy atom. The molecule has 1 nitrogen and oxygen atoms in total. The van der Waals surface area contributed by atoms with Crippen molar-refractivity contribution in [3.05, 3.63) is 35.9 Å². The van der Waals surface area contributed by atoms with Crippen molar-refractivity contribution in [3.8, 4) is 0 Å². The predicted molar refractivity (Wildman–Crippen MR) is 53.6 cm³/mol. The van der Waals surface area contributed by atoms with E-state index in [0.717, 1.165) is 25.0 Å². The summed E-state index contributed by atoms with van der Waals surface area (Å²) in [4.78, 5) is 0. The van der Waals surface area contributed by atoms with E-state index in [9.17, 15) is 0 Å². The average Bonchev–Trinajstić information content (AvgIpc) is 2.02. The highest BCUT2D eigenvalue weighted by atomic mass is 16.5. The number of ether oxygens (including phenoxy) is 1. The van der Waals surface area contributed by atoms with E-state index in [1.54, 1.807) is 0 Å². The number of hydrogen-bond acceptors (Lipinski definition) is 1. The van der Waals surface area contributed by atoms with Gasteiger partial charge in [0.1, 0.15) is 0 Å². The minimum atomic E-state index is 0.760. The molecule has 0 amide bonds. The van der Waals surface area contributed by atoms with Gasteiger partial charge in [0, 0.05) is 5.92 Å². The second kappa shape index (κ2) is 3.93. The summed E-state index contributed by atoms with van der Waals surface area (Å²) in [5.41, 5.74) is 1.45. The van der Waals surface area contributed by atoms with Gasteiger partial charge in [-0.25, -0.2) is 0 Å². The van der Waals surface area contributed by atoms with Crippen LogP contribution in [0.4, 0.5) is 0 Å². The lowest BCUT2D eigenvalue weighted by Gasteiger charge is -2.31. The highest BCUT2D eigenvalue weighted by Crippen LogP contribution is 2.23. The van der Waals surface area contributed by atoms with E-state index in [2.05, 4.69) is 37.3 Å². The molecule has 1 aliphatic rings. The molecular formula is C12H16O. The molecule has 13 heavy (non-hydrogen) atoms. The largest absolute Gasteiger partial charge is 0.381 e. The summed E-state index contributed by atoms with van der Waals surface area (Å²) < 4.78 is 5.19. The highest BCUT2D eigenvalue weighted by molar-refractivity contribution is 5.15. The average molecular weight is 176 g/mol. The molecule has 1 aromatic rings. The molecule has 70 valence electrons. The molecule has 0 radical (unpaired) electrons. The molecule has 1 unspecified atom stereocenters. The lowest BCUT2D eigenvalue weighted by Crippen LogP contribution is -2.33. The first-order chi connectivity index (χ1) is 6.36. The molecule has 1 heterocycles. The molecule has 0 spiro atoms. The zero-order chi connectivity index (χ0) is 9.10. The van der Waals surface area contributed by atoms with Gasteiger partial charge in [-0.15, -0.1) is 0 Å². The molecule has 1 aliphatic heterocycles. The van der Waals surface area contributed by atoms with Crippen molar-refractivity contribution >= 4 is 0 Å². The summed E-state index contributed by atoms with van der Waals surface area (Å²) in [6.07, 6.45) is 1.19. The number of benzene rings is 1. The minimum Gasteiger partial charge on any atom is -0.381 e. The maximum atomic E-state index is 5.19. The Balaban J connectivity index is 1.90. The zero-order valence-electron chi connectivity index (χ0n) is 8.07. The van der Waals surface area contributed by atoms with E-state index in [-0.39, 0.29) is 0 Å². The van der Waals surface area contributed by atoms with Crippen LogP contribution in [0.15, 0.2) is 30.3 Å². The molecule has 1 fully saturated rings. The molecule has 1 saturated heterocycles. The first-order valence-corrected chi connectivity index (χ1v) is 4.98. The normalized spacial score (nSPS) is 19.5. The summed E-state index contributed by atoms with van der Waals surface area (Å²) in [6, 6.07) is 10.7. The predicted octanol–water partition coefficient (Wildman–Crippen LogP) is 2.51. The fourth-order valence-electron chi connectivity index (χ4n) is 1.74. The zero-order valence-corrected chi connectivity index (χ0v) is 8.07. The summed E-state index contributed by atoms with van der Waals surface area (Å²) in [7, 11) is 0. The molecule has 0 bridgehead atoms. The summed E-state index contributed by atoms with van der Waals surface area (Å²) >= 11 is 0. The minimum absolute atomic E-state index is 0.760. The lowest BCUT2D eigenvalue weighted by atomic mass is 9.87. The smallest absolute Gasteiger partial charge is 0.0519 e. The van der Waals surface area contributed by atoms with Gasteiger partial charge in [-0.2, -0.15) is 0 Å². The third-order valence-electron chi connectivity index (χ3n) is 2.87. The van der Waals surface area contributed by atoms with Crippen molar-refractivity contribution in [3.63, 3.8) is 0 Å². The Bertz CT molecular complexity index is 251. The maximum Gasteiger partial charge on any atom is 0.0519 e. The van der Waals surface area contributed by atoms with E-state index >= 15 is 0 Å². The SMILES string of the molecule is CC(Cc1ccccc1)C1COC1. The van der Waals surface area contributed by atoms with E-state index in [4.69, 9.17) is 4.74 Å². The van der Waals surface area contributed by atoms with Crippen molar-refractivity contribution in [2.75, 3.05) is 13.2 Å². The Morgan fingerprint density at radius 2 is 2.00 bits per heavy atom. The monoisotopic (exact) mass is 176 g/mol. The lowest BCUT2D eigenvalue weighted by molar-refractivity contribution is -0.0568. The van der Waals surface area contributed by atoms with E-state index in [0.29, 0.717) is 0 Å². The van der Waals surface area contributed by atoms with Crippen LogP contribution in [-0.4, -0.2) is 13.2 Å². The molecule has 0 N–H and O–H groups in total. The fourth-order valence-corrected chi connectivity index (χ4v) is 1.74. The van der Waals surface area contributed by atoms with Crippen LogP contribution in [0.1, 0.15) is 12.5 Å². The molecule has 0 aliphatic carbocycles. The summed E-state index contributed by atoms with van der Waals surface area (Å²) in [6.45, 7) is 4.25. The molecular weight excluding hydrogens is 160 g/mol. The molecule has 1 atom stereocenters. The van der Waals surface area contributed by atoms with Crippen LogP contribution in [0, 0.1) is 11.8 Å². The Labute approximate surface area is 79.7 Å². The van der Waals surface area contributed by atoms with Gasteiger partial charge < -0.3 is 4.74 Å². The van der Waals surface area contributed by atoms with Gasteiger partial charge >= 0.3 is 0 Å². The first kappa shape index (κ1) is 8.76. The topological polar surface area (TPSA) is 9.23 Å². The Hall–Kier alpha value is -0.820. The molecule has 0 saturated carbocycles. The van der Waals surface area contributed by atoms with Gasteiger partial charge in [-0.1, -0.05) is 37.3 Å². The fraction of sp³-hybridized carbons (Fsp3) is 0.500.